The van der Waals surface area contributed by atoms with Gasteiger partial charge in [-0.2, -0.15) is 0 Å². The topological polar surface area (TPSA) is 32.3 Å². The summed E-state index contributed by atoms with van der Waals surface area (Å²) >= 11 is 0. The molecule has 1 fully saturated rings. The van der Waals surface area contributed by atoms with Gasteiger partial charge in [0, 0.05) is 12.1 Å². The number of aliphatic hydroxyl groups is 1. The molecule has 1 unspecified atom stereocenters. The van der Waals surface area contributed by atoms with Crippen LogP contribution in [0.2, 0.25) is 0 Å². The molecule has 1 aliphatic rings. The third-order valence-electron chi connectivity index (χ3n) is 3.90. The van der Waals surface area contributed by atoms with Gasteiger partial charge in [-0.15, -0.1) is 6.58 Å². The maximum Gasteiger partial charge on any atom is 0.0646 e. The molecule has 2 N–H and O–H groups in total. The van der Waals surface area contributed by atoms with Gasteiger partial charge in [0.25, 0.3) is 0 Å². The number of allylic oxidation sites excluding steroid dienone is 1. The highest BCUT2D eigenvalue weighted by Gasteiger charge is 2.31. The Hall–Kier alpha value is -0.340. The van der Waals surface area contributed by atoms with Gasteiger partial charge in [0.2, 0.25) is 0 Å². The average Bonchev–Trinajstić information content (AvgIpc) is 2.30. The third-order valence-corrected chi connectivity index (χ3v) is 3.90. The Morgan fingerprint density at radius 3 is 2.62 bits per heavy atom. The predicted octanol–water partition coefficient (Wildman–Crippen LogP) is 3.01. The summed E-state index contributed by atoms with van der Waals surface area (Å²) in [4.78, 5) is 0. The molecule has 1 aliphatic carbocycles. The molecule has 2 heteroatoms. The first-order chi connectivity index (χ1) is 7.59. The normalized spacial score (nSPS) is 32.3. The van der Waals surface area contributed by atoms with E-state index in [1.165, 1.54) is 0 Å². The summed E-state index contributed by atoms with van der Waals surface area (Å²) in [5.41, 5.74) is -0.372. The van der Waals surface area contributed by atoms with Crippen molar-refractivity contribution in [3.8, 4) is 0 Å². The monoisotopic (exact) mass is 225 g/mol. The fraction of sp³-hybridized carbons (Fsp3) is 0.857. The maximum atomic E-state index is 10.1. The van der Waals surface area contributed by atoms with Gasteiger partial charge < -0.3 is 10.4 Å². The molecular weight excluding hydrogens is 198 g/mol. The largest absolute Gasteiger partial charge is 0.390 e. The van der Waals surface area contributed by atoms with Crippen LogP contribution in [-0.2, 0) is 0 Å². The van der Waals surface area contributed by atoms with E-state index in [4.69, 9.17) is 0 Å². The molecule has 0 aromatic carbocycles. The summed E-state index contributed by atoms with van der Waals surface area (Å²) in [5, 5.41) is 13.8. The lowest BCUT2D eigenvalue weighted by Crippen LogP contribution is -2.43. The van der Waals surface area contributed by atoms with Crippen LogP contribution in [0.5, 0.6) is 0 Å². The Morgan fingerprint density at radius 1 is 1.50 bits per heavy atom. The maximum absolute atomic E-state index is 10.1. The number of nitrogens with one attached hydrogen (secondary N) is 1. The summed E-state index contributed by atoms with van der Waals surface area (Å²) < 4.78 is 0. The van der Waals surface area contributed by atoms with E-state index in [2.05, 4.69) is 25.7 Å². The van der Waals surface area contributed by atoms with Crippen LogP contribution in [0.15, 0.2) is 12.7 Å². The fourth-order valence-electron chi connectivity index (χ4n) is 2.53. The van der Waals surface area contributed by atoms with Crippen LogP contribution in [-0.4, -0.2) is 22.8 Å². The van der Waals surface area contributed by atoms with Gasteiger partial charge >= 0.3 is 0 Å². The zero-order valence-electron chi connectivity index (χ0n) is 10.8. The van der Waals surface area contributed by atoms with Crippen LogP contribution in [0.3, 0.4) is 0 Å². The van der Waals surface area contributed by atoms with Gasteiger partial charge in [0.15, 0.2) is 0 Å². The van der Waals surface area contributed by atoms with Crippen LogP contribution in [0, 0.1) is 0 Å². The summed E-state index contributed by atoms with van der Waals surface area (Å²) in [6.07, 6.45) is 9.26. The van der Waals surface area contributed by atoms with E-state index >= 15 is 0 Å². The zero-order chi connectivity index (χ0) is 12.0. The third kappa shape index (κ3) is 4.26. The molecule has 0 saturated heterocycles. The molecular formula is C14H27NO. The lowest BCUT2D eigenvalue weighted by Gasteiger charge is -2.36. The lowest BCUT2D eigenvalue weighted by atomic mass is 9.80. The minimum Gasteiger partial charge on any atom is -0.390 e. The van der Waals surface area contributed by atoms with E-state index in [0.717, 1.165) is 44.9 Å². The number of hydrogen-bond donors (Lipinski definition) is 2. The average molecular weight is 225 g/mol. The Kier molecular flexibility index (Phi) is 5.50. The first-order valence-electron chi connectivity index (χ1n) is 6.69. The van der Waals surface area contributed by atoms with Crippen LogP contribution in [0.4, 0.5) is 0 Å². The Labute approximate surface area is 100 Å². The molecule has 0 aromatic heterocycles. The fourth-order valence-corrected chi connectivity index (χ4v) is 2.53. The van der Waals surface area contributed by atoms with E-state index in [9.17, 15) is 5.11 Å². The van der Waals surface area contributed by atoms with E-state index in [-0.39, 0.29) is 5.60 Å². The van der Waals surface area contributed by atoms with Gasteiger partial charge in [-0.3, -0.25) is 0 Å². The molecule has 0 spiro atoms. The molecule has 0 amide bonds. The van der Waals surface area contributed by atoms with E-state index in [1.807, 2.05) is 6.08 Å². The molecule has 16 heavy (non-hydrogen) atoms. The first kappa shape index (κ1) is 13.7. The molecule has 1 rings (SSSR count). The van der Waals surface area contributed by atoms with Crippen LogP contribution in [0.25, 0.3) is 0 Å². The van der Waals surface area contributed by atoms with Crippen LogP contribution in [0.1, 0.15) is 58.8 Å². The lowest BCUT2D eigenvalue weighted by molar-refractivity contribution is -0.00769. The Balaban J connectivity index is 2.23. The zero-order valence-corrected chi connectivity index (χ0v) is 10.8. The summed E-state index contributed by atoms with van der Waals surface area (Å²) in [5.74, 6) is 0. The number of hydrogen-bond acceptors (Lipinski definition) is 2. The second kappa shape index (κ2) is 6.41. The minimum atomic E-state index is -0.372. The SMILES string of the molecule is C=CCCC(C)NC1CCC(O)(CC)CC1. The van der Waals surface area contributed by atoms with E-state index in [0.29, 0.717) is 12.1 Å². The summed E-state index contributed by atoms with van der Waals surface area (Å²) in [7, 11) is 0. The first-order valence-corrected chi connectivity index (χ1v) is 6.69. The molecule has 0 heterocycles. The Morgan fingerprint density at radius 2 is 2.12 bits per heavy atom. The molecule has 0 aliphatic heterocycles. The van der Waals surface area contributed by atoms with Gasteiger partial charge in [-0.05, 0) is 51.9 Å². The van der Waals surface area contributed by atoms with Crippen molar-refractivity contribution in [3.05, 3.63) is 12.7 Å². The van der Waals surface area contributed by atoms with Crippen molar-refractivity contribution in [2.24, 2.45) is 0 Å². The molecule has 0 radical (unpaired) electrons. The van der Waals surface area contributed by atoms with Crippen molar-refractivity contribution in [1.82, 2.24) is 5.32 Å². The standard InChI is InChI=1S/C14H27NO/c1-4-6-7-12(3)15-13-8-10-14(16,5-2)11-9-13/h4,12-13,15-16H,1,5-11H2,2-3H3. The van der Waals surface area contributed by atoms with E-state index in [1.54, 1.807) is 0 Å². The van der Waals surface area contributed by atoms with Gasteiger partial charge in [0.05, 0.1) is 5.60 Å². The molecule has 0 aromatic rings. The highest BCUT2D eigenvalue weighted by Crippen LogP contribution is 2.31. The van der Waals surface area contributed by atoms with E-state index < -0.39 is 0 Å². The highest BCUT2D eigenvalue weighted by atomic mass is 16.3. The molecule has 94 valence electrons. The molecule has 2 nitrogen and oxygen atoms in total. The summed E-state index contributed by atoms with van der Waals surface area (Å²) in [6, 6.07) is 1.17. The van der Waals surface area contributed by atoms with Gasteiger partial charge in [-0.25, -0.2) is 0 Å². The smallest absolute Gasteiger partial charge is 0.0646 e. The van der Waals surface area contributed by atoms with Crippen molar-refractivity contribution in [2.75, 3.05) is 0 Å². The van der Waals surface area contributed by atoms with Crippen LogP contribution < -0.4 is 5.32 Å². The van der Waals surface area contributed by atoms with Crippen molar-refractivity contribution >= 4 is 0 Å². The van der Waals surface area contributed by atoms with Crippen LogP contribution >= 0.6 is 0 Å². The van der Waals surface area contributed by atoms with Crippen molar-refractivity contribution in [3.63, 3.8) is 0 Å². The number of rotatable bonds is 6. The van der Waals surface area contributed by atoms with Gasteiger partial charge in [0.1, 0.15) is 0 Å². The molecule has 1 saturated carbocycles. The highest BCUT2D eigenvalue weighted by molar-refractivity contribution is 4.88. The minimum absolute atomic E-state index is 0.372. The quantitative estimate of drug-likeness (QED) is 0.681. The van der Waals surface area contributed by atoms with Crippen molar-refractivity contribution in [1.29, 1.82) is 0 Å². The summed E-state index contributed by atoms with van der Waals surface area (Å²) in [6.45, 7) is 8.07. The Bertz CT molecular complexity index is 207. The van der Waals surface area contributed by atoms with Gasteiger partial charge in [-0.1, -0.05) is 13.0 Å². The molecule has 1 atom stereocenters. The predicted molar refractivity (Wildman–Crippen MR) is 69.5 cm³/mol. The molecule has 0 bridgehead atoms. The van der Waals surface area contributed by atoms with Crippen molar-refractivity contribution in [2.45, 2.75) is 76.5 Å². The second-order valence-electron chi connectivity index (χ2n) is 5.29. The van der Waals surface area contributed by atoms with Crippen molar-refractivity contribution < 1.29 is 5.11 Å². The second-order valence-corrected chi connectivity index (χ2v) is 5.29.